The van der Waals surface area contributed by atoms with Gasteiger partial charge in [0.15, 0.2) is 5.96 Å². The number of rotatable bonds is 5. The van der Waals surface area contributed by atoms with Gasteiger partial charge in [-0.15, -0.1) is 0 Å². The largest absolute Gasteiger partial charge is 0.372 e. The van der Waals surface area contributed by atoms with Crippen LogP contribution in [0, 0.1) is 5.92 Å². The predicted octanol–water partition coefficient (Wildman–Crippen LogP) is 2.40. The van der Waals surface area contributed by atoms with Crippen molar-refractivity contribution in [2.24, 2.45) is 10.9 Å². The van der Waals surface area contributed by atoms with E-state index in [-0.39, 0.29) is 18.1 Å². The summed E-state index contributed by atoms with van der Waals surface area (Å²) in [7, 11) is 0. The molecule has 2 fully saturated rings. The molecule has 1 amide bonds. The Morgan fingerprint density at radius 3 is 2.37 bits per heavy atom. The Hall–Kier alpha value is -2.08. The average Bonchev–Trinajstić information content (AvgIpc) is 3.33. The van der Waals surface area contributed by atoms with E-state index in [4.69, 9.17) is 4.74 Å². The second-order valence-corrected chi connectivity index (χ2v) is 7.82. The summed E-state index contributed by atoms with van der Waals surface area (Å²) in [4.78, 5) is 19.3. The lowest BCUT2D eigenvalue weighted by molar-refractivity contribution is -0.0586. The van der Waals surface area contributed by atoms with Crippen molar-refractivity contribution in [3.05, 3.63) is 35.4 Å². The van der Waals surface area contributed by atoms with E-state index in [1.54, 1.807) is 0 Å². The van der Waals surface area contributed by atoms with Gasteiger partial charge in [-0.2, -0.15) is 0 Å². The minimum Gasteiger partial charge on any atom is -0.372 e. The normalized spacial score (nSPS) is 28.0. The van der Waals surface area contributed by atoms with E-state index < -0.39 is 0 Å². The number of nitrogens with one attached hydrogen (secondary N) is 2. The first-order valence-electron chi connectivity index (χ1n) is 10.0. The van der Waals surface area contributed by atoms with E-state index in [1.165, 1.54) is 6.42 Å². The zero-order valence-electron chi connectivity index (χ0n) is 16.9. The smallest absolute Gasteiger partial charge is 0.254 e. The molecule has 3 rings (SSSR count). The molecule has 1 aromatic rings. The maximum Gasteiger partial charge on any atom is 0.254 e. The van der Waals surface area contributed by atoms with Crippen LogP contribution in [0.1, 0.15) is 50.0 Å². The highest BCUT2D eigenvalue weighted by molar-refractivity contribution is 5.94. The lowest BCUT2D eigenvalue weighted by Gasteiger charge is -2.35. The van der Waals surface area contributed by atoms with Crippen molar-refractivity contribution in [1.82, 2.24) is 15.5 Å². The third-order valence-electron chi connectivity index (χ3n) is 5.10. The second-order valence-electron chi connectivity index (χ2n) is 7.82. The summed E-state index contributed by atoms with van der Waals surface area (Å²) >= 11 is 0. The van der Waals surface area contributed by atoms with Crippen molar-refractivity contribution >= 4 is 11.9 Å². The molecule has 2 aliphatic rings. The van der Waals surface area contributed by atoms with Gasteiger partial charge in [0.25, 0.3) is 5.91 Å². The number of ether oxygens (including phenoxy) is 1. The Kier molecular flexibility index (Phi) is 6.37. The molecule has 4 atom stereocenters. The summed E-state index contributed by atoms with van der Waals surface area (Å²) in [5.41, 5.74) is 1.82. The van der Waals surface area contributed by atoms with Crippen LogP contribution in [-0.4, -0.2) is 54.7 Å². The van der Waals surface area contributed by atoms with Gasteiger partial charge in [-0.1, -0.05) is 19.1 Å². The van der Waals surface area contributed by atoms with Gasteiger partial charge < -0.3 is 20.3 Å². The first-order chi connectivity index (χ1) is 13.0. The van der Waals surface area contributed by atoms with E-state index >= 15 is 0 Å². The SMILES string of the molecule is CCNC(=NCc1ccc(C(=O)N2CC(C)OC(C)C2)cc1)NC1CC1C. The highest BCUT2D eigenvalue weighted by Crippen LogP contribution is 2.28. The first-order valence-corrected chi connectivity index (χ1v) is 10.0. The number of benzene rings is 1. The molecule has 1 aliphatic carbocycles. The van der Waals surface area contributed by atoms with E-state index in [9.17, 15) is 4.79 Å². The molecule has 4 unspecified atom stereocenters. The average molecular weight is 373 g/mol. The number of hydrogen-bond acceptors (Lipinski definition) is 3. The van der Waals surface area contributed by atoms with Crippen LogP contribution in [0.2, 0.25) is 0 Å². The van der Waals surface area contributed by atoms with E-state index in [0.717, 1.165) is 29.5 Å². The lowest BCUT2D eigenvalue weighted by atomic mass is 10.1. The fourth-order valence-corrected chi connectivity index (χ4v) is 3.47. The molecular formula is C21H32N4O2. The highest BCUT2D eigenvalue weighted by atomic mass is 16.5. The van der Waals surface area contributed by atoms with Gasteiger partial charge in [0.05, 0.1) is 18.8 Å². The van der Waals surface area contributed by atoms with Crippen molar-refractivity contribution in [3.8, 4) is 0 Å². The van der Waals surface area contributed by atoms with E-state index in [1.807, 2.05) is 43.0 Å². The minimum absolute atomic E-state index is 0.0739. The Labute approximate surface area is 162 Å². The summed E-state index contributed by atoms with van der Waals surface area (Å²) in [6.45, 7) is 11.1. The molecule has 0 radical (unpaired) electrons. The van der Waals surface area contributed by atoms with Gasteiger partial charge >= 0.3 is 0 Å². The molecule has 0 spiro atoms. The lowest BCUT2D eigenvalue weighted by Crippen LogP contribution is -2.48. The van der Waals surface area contributed by atoms with Crippen LogP contribution in [0.15, 0.2) is 29.3 Å². The van der Waals surface area contributed by atoms with Gasteiger partial charge in [-0.3, -0.25) is 4.79 Å². The first kappa shape index (κ1) is 19.7. The fourth-order valence-electron chi connectivity index (χ4n) is 3.47. The van der Waals surface area contributed by atoms with Crippen LogP contribution in [0.3, 0.4) is 0 Å². The summed E-state index contributed by atoms with van der Waals surface area (Å²) in [6, 6.07) is 8.34. The third kappa shape index (κ3) is 5.45. The van der Waals surface area contributed by atoms with E-state index in [2.05, 4.69) is 29.5 Å². The molecule has 27 heavy (non-hydrogen) atoms. The van der Waals surface area contributed by atoms with Gasteiger partial charge in [0.2, 0.25) is 0 Å². The maximum absolute atomic E-state index is 12.7. The predicted molar refractivity (Wildman–Crippen MR) is 108 cm³/mol. The van der Waals surface area contributed by atoms with Gasteiger partial charge in [0, 0.05) is 31.2 Å². The summed E-state index contributed by atoms with van der Waals surface area (Å²) in [5, 5.41) is 6.75. The Bertz CT molecular complexity index is 663. The van der Waals surface area contributed by atoms with Gasteiger partial charge in [0.1, 0.15) is 0 Å². The molecule has 6 heteroatoms. The summed E-state index contributed by atoms with van der Waals surface area (Å²) in [6.07, 6.45) is 1.37. The Balaban J connectivity index is 1.59. The molecule has 1 saturated carbocycles. The fraction of sp³-hybridized carbons (Fsp3) is 0.619. The monoisotopic (exact) mass is 372 g/mol. The van der Waals surface area contributed by atoms with E-state index in [0.29, 0.717) is 25.7 Å². The van der Waals surface area contributed by atoms with Crippen molar-refractivity contribution in [1.29, 1.82) is 0 Å². The van der Waals surface area contributed by atoms with Crippen LogP contribution < -0.4 is 10.6 Å². The van der Waals surface area contributed by atoms with Crippen LogP contribution in [0.25, 0.3) is 0 Å². The zero-order chi connectivity index (χ0) is 19.4. The minimum atomic E-state index is 0.0739. The number of guanidine groups is 1. The third-order valence-corrected chi connectivity index (χ3v) is 5.10. The quantitative estimate of drug-likeness (QED) is 0.615. The maximum atomic E-state index is 12.7. The zero-order valence-corrected chi connectivity index (χ0v) is 16.9. The number of hydrogen-bond donors (Lipinski definition) is 2. The number of amides is 1. The van der Waals surface area contributed by atoms with Crippen LogP contribution in [-0.2, 0) is 11.3 Å². The number of aliphatic imine (C=N–C) groups is 1. The van der Waals surface area contributed by atoms with Crippen molar-refractivity contribution in [2.45, 2.75) is 58.9 Å². The summed E-state index contributed by atoms with van der Waals surface area (Å²) in [5.74, 6) is 1.66. The highest BCUT2D eigenvalue weighted by Gasteiger charge is 2.33. The molecule has 6 nitrogen and oxygen atoms in total. The topological polar surface area (TPSA) is 66.0 Å². The summed E-state index contributed by atoms with van der Waals surface area (Å²) < 4.78 is 5.71. The molecule has 0 aromatic heterocycles. The van der Waals surface area contributed by atoms with Crippen LogP contribution >= 0.6 is 0 Å². The molecule has 1 heterocycles. The molecular weight excluding hydrogens is 340 g/mol. The van der Waals surface area contributed by atoms with Gasteiger partial charge in [-0.05, 0) is 50.8 Å². The number of nitrogens with zero attached hydrogens (tertiary/aromatic N) is 2. The van der Waals surface area contributed by atoms with Crippen molar-refractivity contribution < 1.29 is 9.53 Å². The van der Waals surface area contributed by atoms with Gasteiger partial charge in [-0.25, -0.2) is 4.99 Å². The Morgan fingerprint density at radius 2 is 1.81 bits per heavy atom. The standard InChI is InChI=1S/C21H32N4O2/c1-5-22-21(24-19-10-14(19)2)23-11-17-6-8-18(9-7-17)20(26)25-12-15(3)27-16(4)13-25/h6-9,14-16,19H,5,10-13H2,1-4H3,(H2,22,23,24). The molecule has 1 saturated heterocycles. The molecule has 1 aliphatic heterocycles. The van der Waals surface area contributed by atoms with Crippen molar-refractivity contribution in [3.63, 3.8) is 0 Å². The molecule has 148 valence electrons. The number of carbonyl (C=O) groups is 1. The molecule has 1 aromatic carbocycles. The molecule has 0 bridgehead atoms. The number of morpholine rings is 1. The second kappa shape index (κ2) is 8.74. The Morgan fingerprint density at radius 1 is 1.19 bits per heavy atom. The van der Waals surface area contributed by atoms with Crippen LogP contribution in [0.5, 0.6) is 0 Å². The number of carbonyl (C=O) groups excluding carboxylic acids is 1. The van der Waals surface area contributed by atoms with Crippen LogP contribution in [0.4, 0.5) is 0 Å². The molecule has 2 N–H and O–H groups in total. The van der Waals surface area contributed by atoms with Crippen molar-refractivity contribution in [2.75, 3.05) is 19.6 Å².